The Morgan fingerprint density at radius 1 is 0.930 bits per heavy atom. The van der Waals surface area contributed by atoms with Crippen molar-refractivity contribution in [2.75, 3.05) is 26.2 Å². The third-order valence-electron chi connectivity index (χ3n) is 8.74. The average Bonchev–Trinajstić information content (AvgIpc) is 3.70. The van der Waals surface area contributed by atoms with Gasteiger partial charge < -0.3 is 9.88 Å². The molecule has 6 heterocycles. The highest BCUT2D eigenvalue weighted by molar-refractivity contribution is 5.95. The number of piperidine rings is 1. The molecule has 2 aromatic carbocycles. The summed E-state index contributed by atoms with van der Waals surface area (Å²) in [5.74, 6) is -0.508. The highest BCUT2D eigenvalue weighted by Gasteiger charge is 2.37. The van der Waals surface area contributed by atoms with Gasteiger partial charge in [-0.25, -0.2) is 14.4 Å². The van der Waals surface area contributed by atoms with Crippen LogP contribution in [0.2, 0.25) is 0 Å². The lowest BCUT2D eigenvalue weighted by molar-refractivity contribution is 0.0514. The monoisotopic (exact) mass is 571 g/mol. The Bertz CT molecular complexity index is 1970. The third kappa shape index (κ3) is 4.64. The standard InChI is InChI=1S/C33H28FN8O/c34-30-14-23(3-4-28(30)22-1-2-24-15-35-9-5-21(24)13-22)33(43)40-11-7-26(8-12-40)41-18-27(19-41)42-17-25(16-39-42)31-29-6-10-36-32(29)38-20-37-31/h1-6,9-10,13-17,20,26H,7-8,11-12,18-19H2,(H,36,37,38). The van der Waals surface area contributed by atoms with E-state index in [-0.39, 0.29) is 5.91 Å². The van der Waals surface area contributed by atoms with Gasteiger partial charge in [0.1, 0.15) is 23.8 Å². The van der Waals surface area contributed by atoms with E-state index in [1.807, 2.05) is 58.5 Å². The molecule has 9 nitrogen and oxygen atoms in total. The Labute approximate surface area is 247 Å². The van der Waals surface area contributed by atoms with Crippen molar-refractivity contribution in [1.29, 1.82) is 0 Å². The molecular formula is C33H28FN8O. The van der Waals surface area contributed by atoms with E-state index in [1.54, 1.807) is 30.9 Å². The van der Waals surface area contributed by atoms with Crippen molar-refractivity contribution >= 4 is 27.7 Å². The number of nitrogens with zero attached hydrogens (tertiary/aromatic N) is 7. The Hall–Kier alpha value is -4.96. The van der Waals surface area contributed by atoms with Crippen LogP contribution in [-0.2, 0) is 0 Å². The number of rotatable bonds is 5. The van der Waals surface area contributed by atoms with Crippen LogP contribution < -0.4 is 0 Å². The molecule has 2 aliphatic heterocycles. The molecule has 2 saturated heterocycles. The fourth-order valence-corrected chi connectivity index (χ4v) is 6.30. The Morgan fingerprint density at radius 3 is 2.67 bits per heavy atom. The number of carbonyl (C=O) groups excluding carboxylic acids is 1. The summed E-state index contributed by atoms with van der Waals surface area (Å²) in [5, 5.41) is 7.57. The van der Waals surface area contributed by atoms with Gasteiger partial charge in [0.15, 0.2) is 0 Å². The zero-order valence-electron chi connectivity index (χ0n) is 23.3. The summed E-state index contributed by atoms with van der Waals surface area (Å²) >= 11 is 0. The smallest absolute Gasteiger partial charge is 0.253 e. The third-order valence-corrected chi connectivity index (χ3v) is 8.74. The lowest BCUT2D eigenvalue weighted by Crippen LogP contribution is -2.56. The van der Waals surface area contributed by atoms with Gasteiger partial charge in [-0.3, -0.25) is 19.4 Å². The van der Waals surface area contributed by atoms with E-state index in [1.165, 1.54) is 12.1 Å². The van der Waals surface area contributed by atoms with Crippen LogP contribution in [0.1, 0.15) is 23.2 Å². The number of halogens is 1. The number of likely N-dealkylation sites (tertiary alicyclic amines) is 2. The Morgan fingerprint density at radius 2 is 1.81 bits per heavy atom. The van der Waals surface area contributed by atoms with Crippen LogP contribution >= 0.6 is 0 Å². The van der Waals surface area contributed by atoms with Crippen LogP contribution in [0.4, 0.5) is 4.39 Å². The fraction of sp³-hybridized carbons (Fsp3) is 0.212. The molecule has 2 aliphatic rings. The summed E-state index contributed by atoms with van der Waals surface area (Å²) in [7, 11) is 0. The average molecular weight is 572 g/mol. The number of H-pyrrole nitrogens is 1. The van der Waals surface area contributed by atoms with Crippen molar-refractivity contribution in [2.24, 2.45) is 0 Å². The SMILES string of the molecule is O=C(c1ccc(-c2ccc3cnccc3c2)c(F)c1)N1CCC(N2C[C](n3cc(-c4ncnc5[nH]ccc45)cn3)C2)CC1. The maximum absolute atomic E-state index is 15.2. The van der Waals surface area contributed by atoms with Gasteiger partial charge in [-0.05, 0) is 54.1 Å². The molecule has 1 amide bonds. The van der Waals surface area contributed by atoms with E-state index in [0.29, 0.717) is 30.3 Å². The van der Waals surface area contributed by atoms with Crippen LogP contribution in [0.3, 0.4) is 0 Å². The Balaban J connectivity index is 0.875. The normalized spacial score (nSPS) is 16.6. The second-order valence-corrected chi connectivity index (χ2v) is 11.3. The van der Waals surface area contributed by atoms with E-state index in [2.05, 4.69) is 29.9 Å². The molecule has 6 aromatic rings. The molecule has 0 atom stereocenters. The minimum atomic E-state index is -0.392. The predicted molar refractivity (Wildman–Crippen MR) is 161 cm³/mol. The van der Waals surface area contributed by atoms with Gasteiger partial charge in [-0.1, -0.05) is 18.2 Å². The summed E-state index contributed by atoms with van der Waals surface area (Å²) in [5.41, 5.74) is 4.29. The van der Waals surface area contributed by atoms with Crippen molar-refractivity contribution < 1.29 is 9.18 Å². The van der Waals surface area contributed by atoms with Crippen molar-refractivity contribution in [3.8, 4) is 22.4 Å². The van der Waals surface area contributed by atoms with Gasteiger partial charge in [0.2, 0.25) is 0 Å². The topological polar surface area (TPSA) is 95.8 Å². The van der Waals surface area contributed by atoms with Crippen molar-refractivity contribution in [3.63, 3.8) is 0 Å². The fourth-order valence-electron chi connectivity index (χ4n) is 6.30. The number of fused-ring (bicyclic) bond motifs is 2. The molecule has 1 radical (unpaired) electrons. The second-order valence-electron chi connectivity index (χ2n) is 11.3. The molecule has 0 bridgehead atoms. The van der Waals surface area contributed by atoms with Gasteiger partial charge >= 0.3 is 0 Å². The summed E-state index contributed by atoms with van der Waals surface area (Å²) < 4.78 is 17.2. The largest absolute Gasteiger partial charge is 0.346 e. The van der Waals surface area contributed by atoms with Gasteiger partial charge in [0.25, 0.3) is 5.91 Å². The molecule has 213 valence electrons. The molecule has 8 rings (SSSR count). The van der Waals surface area contributed by atoms with E-state index in [0.717, 1.165) is 64.6 Å². The van der Waals surface area contributed by atoms with Crippen LogP contribution in [0.5, 0.6) is 0 Å². The van der Waals surface area contributed by atoms with Gasteiger partial charge in [0.05, 0.1) is 11.9 Å². The highest BCUT2D eigenvalue weighted by Crippen LogP contribution is 2.31. The number of aromatic nitrogens is 6. The molecule has 0 spiro atoms. The van der Waals surface area contributed by atoms with Crippen LogP contribution in [-0.4, -0.2) is 77.6 Å². The molecule has 10 heteroatoms. The highest BCUT2D eigenvalue weighted by atomic mass is 19.1. The first-order chi connectivity index (χ1) is 21.1. The molecular weight excluding hydrogens is 543 g/mol. The first kappa shape index (κ1) is 25.7. The molecule has 0 unspecified atom stereocenters. The zero-order chi connectivity index (χ0) is 28.9. The lowest BCUT2D eigenvalue weighted by Gasteiger charge is -2.46. The minimum Gasteiger partial charge on any atom is -0.346 e. The van der Waals surface area contributed by atoms with Gasteiger partial charge in [0, 0.05) is 84.5 Å². The van der Waals surface area contributed by atoms with Crippen LogP contribution in [0, 0.1) is 11.9 Å². The van der Waals surface area contributed by atoms with Gasteiger partial charge in [-0.2, -0.15) is 5.10 Å². The minimum absolute atomic E-state index is 0.116. The number of amides is 1. The number of hydrogen-bond acceptors (Lipinski definition) is 6. The maximum atomic E-state index is 15.2. The van der Waals surface area contributed by atoms with E-state index >= 15 is 4.39 Å². The molecule has 2 fully saturated rings. The summed E-state index contributed by atoms with van der Waals surface area (Å²) in [6.07, 6.45) is 12.6. The summed E-state index contributed by atoms with van der Waals surface area (Å²) in [6, 6.07) is 16.1. The molecule has 1 N–H and O–H groups in total. The first-order valence-corrected chi connectivity index (χ1v) is 14.5. The van der Waals surface area contributed by atoms with Crippen LogP contribution in [0.15, 0.2) is 85.8 Å². The van der Waals surface area contributed by atoms with E-state index in [9.17, 15) is 4.79 Å². The number of carbonyl (C=O) groups is 1. The van der Waals surface area contributed by atoms with Crippen LogP contribution in [0.25, 0.3) is 44.2 Å². The van der Waals surface area contributed by atoms with E-state index in [4.69, 9.17) is 0 Å². The number of aromatic amines is 1. The van der Waals surface area contributed by atoms with Crippen molar-refractivity contribution in [3.05, 3.63) is 103 Å². The van der Waals surface area contributed by atoms with E-state index < -0.39 is 5.82 Å². The number of benzene rings is 2. The Kier molecular flexibility index (Phi) is 6.22. The molecule has 0 aliphatic carbocycles. The molecule has 0 saturated carbocycles. The van der Waals surface area contributed by atoms with Gasteiger partial charge in [-0.15, -0.1) is 0 Å². The molecule has 43 heavy (non-hydrogen) atoms. The number of nitrogens with one attached hydrogen (secondary N) is 1. The summed E-state index contributed by atoms with van der Waals surface area (Å²) in [6.45, 7) is 3.01. The van der Waals surface area contributed by atoms with Crippen molar-refractivity contribution in [2.45, 2.75) is 18.9 Å². The summed E-state index contributed by atoms with van der Waals surface area (Å²) in [4.78, 5) is 33.6. The zero-order valence-corrected chi connectivity index (χ0v) is 23.3. The second kappa shape index (κ2) is 10.4. The number of pyridine rings is 1. The lowest BCUT2D eigenvalue weighted by atomic mass is 9.96. The predicted octanol–water partition coefficient (Wildman–Crippen LogP) is 5.18. The first-order valence-electron chi connectivity index (χ1n) is 14.5. The quantitative estimate of drug-likeness (QED) is 0.307. The number of hydrogen-bond donors (Lipinski definition) is 1. The molecule has 4 aromatic heterocycles. The van der Waals surface area contributed by atoms with Crippen molar-refractivity contribution in [1.82, 2.24) is 39.5 Å². The maximum Gasteiger partial charge on any atom is 0.253 e.